The van der Waals surface area contributed by atoms with Crippen molar-refractivity contribution in [1.29, 1.82) is 0 Å². The highest BCUT2D eigenvalue weighted by Crippen LogP contribution is 2.43. The lowest BCUT2D eigenvalue weighted by atomic mass is 9.98. The van der Waals surface area contributed by atoms with Gasteiger partial charge in [-0.1, -0.05) is 54.2 Å². The number of nitrogens with one attached hydrogen (secondary N) is 1. The van der Waals surface area contributed by atoms with Gasteiger partial charge >= 0.3 is 6.03 Å². The van der Waals surface area contributed by atoms with Gasteiger partial charge in [-0.3, -0.25) is 4.90 Å². The number of piperidine rings is 1. The van der Waals surface area contributed by atoms with E-state index in [0.717, 1.165) is 67.7 Å². The van der Waals surface area contributed by atoms with Gasteiger partial charge < -0.3 is 15.0 Å². The number of likely N-dealkylation sites (tertiary alicyclic amines) is 1. The highest BCUT2D eigenvalue weighted by molar-refractivity contribution is 6.43. The molecular formula is C33H39Cl2N5O2. The van der Waals surface area contributed by atoms with Crippen LogP contribution in [0.5, 0.6) is 5.75 Å². The zero-order valence-corrected chi connectivity index (χ0v) is 26.1. The lowest BCUT2D eigenvalue weighted by Crippen LogP contribution is -2.49. The number of hydrogen-bond donors (Lipinski definition) is 1. The third-order valence-corrected chi connectivity index (χ3v) is 10.2. The molecule has 6 rings (SSSR count). The van der Waals surface area contributed by atoms with E-state index in [-0.39, 0.29) is 18.1 Å². The van der Waals surface area contributed by atoms with Gasteiger partial charge in [0, 0.05) is 43.5 Å². The number of halogens is 2. The number of aromatic nitrogens is 2. The van der Waals surface area contributed by atoms with Crippen molar-refractivity contribution < 1.29 is 9.53 Å². The van der Waals surface area contributed by atoms with Crippen LogP contribution in [-0.2, 0) is 6.42 Å². The number of nitrogens with zero attached hydrogens (tertiary/aromatic N) is 4. The van der Waals surface area contributed by atoms with Crippen molar-refractivity contribution in [2.24, 2.45) is 5.92 Å². The van der Waals surface area contributed by atoms with Gasteiger partial charge in [-0.2, -0.15) is 0 Å². The number of hydrogen-bond acceptors (Lipinski definition) is 5. The van der Waals surface area contributed by atoms with Crippen molar-refractivity contribution in [3.05, 3.63) is 75.2 Å². The predicted molar refractivity (Wildman–Crippen MR) is 167 cm³/mol. The fraction of sp³-hybridized carbons (Fsp3) is 0.485. The van der Waals surface area contributed by atoms with E-state index in [1.807, 2.05) is 37.1 Å². The van der Waals surface area contributed by atoms with Crippen LogP contribution in [0.4, 0.5) is 4.79 Å². The lowest BCUT2D eigenvalue weighted by Gasteiger charge is -2.40. The van der Waals surface area contributed by atoms with Gasteiger partial charge in [0.2, 0.25) is 0 Å². The molecule has 1 unspecified atom stereocenters. The van der Waals surface area contributed by atoms with Crippen LogP contribution in [0.3, 0.4) is 0 Å². The maximum atomic E-state index is 13.5. The highest BCUT2D eigenvalue weighted by atomic mass is 35.5. The molecule has 2 aromatic carbocycles. The Kier molecular flexibility index (Phi) is 8.62. The van der Waals surface area contributed by atoms with Gasteiger partial charge in [0.05, 0.1) is 23.9 Å². The standard InChI is InChI=1S/C33H39Cl2N5O2/c1-20-16-27(37-19-36-20)23-6-8-25-22(18-23)7-10-29(25)40-14-12-24(13-15-40)39(2)33(41)38-28(17-21-4-5-21)26-9-11-30(42-3)32(35)31(26)34/h6,8-9,11,16,18-19,21,24,28-29H,4-5,7,10,12-15,17H2,1-3H3,(H,38,41)/t28-,29?/m0/s1. The summed E-state index contributed by atoms with van der Waals surface area (Å²) >= 11 is 13.1. The summed E-state index contributed by atoms with van der Waals surface area (Å²) in [6.07, 6.45) is 9.01. The van der Waals surface area contributed by atoms with E-state index in [4.69, 9.17) is 27.9 Å². The number of carbonyl (C=O) groups is 1. The maximum absolute atomic E-state index is 13.5. The second-order valence-corrected chi connectivity index (χ2v) is 12.8. The molecule has 3 aliphatic rings. The number of amides is 2. The fourth-order valence-corrected chi connectivity index (χ4v) is 7.21. The summed E-state index contributed by atoms with van der Waals surface area (Å²) in [4.78, 5) is 26.7. The molecule has 2 heterocycles. The second-order valence-electron chi connectivity index (χ2n) is 12.1. The van der Waals surface area contributed by atoms with Crippen molar-refractivity contribution in [3.8, 4) is 17.0 Å². The van der Waals surface area contributed by atoms with E-state index in [2.05, 4.69) is 38.4 Å². The average molecular weight is 609 g/mol. The molecule has 1 N–H and O–H groups in total. The van der Waals surface area contributed by atoms with E-state index >= 15 is 0 Å². The number of benzene rings is 2. The molecule has 42 heavy (non-hydrogen) atoms. The number of ether oxygens (including phenoxy) is 1. The number of carbonyl (C=O) groups excluding carboxylic acids is 1. The van der Waals surface area contributed by atoms with Crippen LogP contribution >= 0.6 is 23.2 Å². The maximum Gasteiger partial charge on any atom is 0.317 e. The Balaban J connectivity index is 1.08. The van der Waals surface area contributed by atoms with E-state index in [0.29, 0.717) is 27.8 Å². The smallest absolute Gasteiger partial charge is 0.317 e. The first-order valence-electron chi connectivity index (χ1n) is 15.0. The molecule has 2 atom stereocenters. The SMILES string of the molecule is COc1ccc([C@H](CC2CC2)NC(=O)N(C)C2CCN(C3CCc4cc(-c5cc(C)ncn5)ccc43)CC2)c(Cl)c1Cl. The van der Waals surface area contributed by atoms with E-state index < -0.39 is 0 Å². The molecule has 1 saturated carbocycles. The van der Waals surface area contributed by atoms with Gasteiger partial charge in [0.15, 0.2) is 0 Å². The van der Waals surface area contributed by atoms with Crippen LogP contribution in [0.1, 0.15) is 73.0 Å². The molecule has 3 aromatic rings. The summed E-state index contributed by atoms with van der Waals surface area (Å²) in [6, 6.07) is 13.0. The van der Waals surface area contributed by atoms with Crippen molar-refractivity contribution in [2.45, 2.75) is 70.0 Å². The third-order valence-electron chi connectivity index (χ3n) is 9.33. The quantitative estimate of drug-likeness (QED) is 0.289. The number of urea groups is 1. The monoisotopic (exact) mass is 607 g/mol. The van der Waals surface area contributed by atoms with Gasteiger partial charge in [-0.05, 0) is 79.8 Å². The first-order chi connectivity index (χ1) is 20.3. The van der Waals surface area contributed by atoms with Crippen LogP contribution < -0.4 is 10.1 Å². The minimum Gasteiger partial charge on any atom is -0.495 e. The molecular weight excluding hydrogens is 569 g/mol. The summed E-state index contributed by atoms with van der Waals surface area (Å²) in [6.45, 7) is 3.95. The summed E-state index contributed by atoms with van der Waals surface area (Å²) in [7, 11) is 3.50. The molecule has 9 heteroatoms. The Morgan fingerprint density at radius 1 is 1.07 bits per heavy atom. The largest absolute Gasteiger partial charge is 0.495 e. The zero-order chi connectivity index (χ0) is 29.4. The topological polar surface area (TPSA) is 70.6 Å². The minimum absolute atomic E-state index is 0.0548. The fourth-order valence-electron chi connectivity index (χ4n) is 6.67. The zero-order valence-electron chi connectivity index (χ0n) is 24.6. The highest BCUT2D eigenvalue weighted by Gasteiger charge is 2.34. The van der Waals surface area contributed by atoms with E-state index in [1.54, 1.807) is 13.4 Å². The summed E-state index contributed by atoms with van der Waals surface area (Å²) in [5.41, 5.74) is 6.83. The van der Waals surface area contributed by atoms with Gasteiger partial charge in [0.1, 0.15) is 17.1 Å². The Morgan fingerprint density at radius 2 is 1.86 bits per heavy atom. The van der Waals surface area contributed by atoms with Crippen molar-refractivity contribution in [3.63, 3.8) is 0 Å². The van der Waals surface area contributed by atoms with Crippen molar-refractivity contribution in [1.82, 2.24) is 25.1 Å². The first-order valence-corrected chi connectivity index (χ1v) is 15.8. The lowest BCUT2D eigenvalue weighted by molar-refractivity contribution is 0.105. The Bertz CT molecular complexity index is 1450. The average Bonchev–Trinajstić information content (AvgIpc) is 3.73. The van der Waals surface area contributed by atoms with E-state index in [9.17, 15) is 4.79 Å². The molecule has 1 aromatic heterocycles. The van der Waals surface area contributed by atoms with Crippen molar-refractivity contribution in [2.75, 3.05) is 27.2 Å². The summed E-state index contributed by atoms with van der Waals surface area (Å²) < 4.78 is 5.32. The van der Waals surface area contributed by atoms with E-state index in [1.165, 1.54) is 24.0 Å². The van der Waals surface area contributed by atoms with Crippen molar-refractivity contribution >= 4 is 29.2 Å². The van der Waals surface area contributed by atoms with Crippen LogP contribution in [-0.4, -0.2) is 59.1 Å². The number of fused-ring (bicyclic) bond motifs is 1. The van der Waals surface area contributed by atoms with Crippen LogP contribution in [0.15, 0.2) is 42.7 Å². The minimum atomic E-state index is -0.186. The van der Waals surface area contributed by atoms with Crippen LogP contribution in [0.25, 0.3) is 11.3 Å². The molecule has 1 saturated heterocycles. The Labute approximate surface area is 258 Å². The van der Waals surface area contributed by atoms with Crippen LogP contribution in [0, 0.1) is 12.8 Å². The molecule has 2 amide bonds. The first kappa shape index (κ1) is 29.2. The molecule has 0 spiro atoms. The molecule has 0 bridgehead atoms. The molecule has 2 fully saturated rings. The summed E-state index contributed by atoms with van der Waals surface area (Å²) in [5, 5.41) is 4.13. The summed E-state index contributed by atoms with van der Waals surface area (Å²) in [5.74, 6) is 1.15. The molecule has 0 radical (unpaired) electrons. The van der Waals surface area contributed by atoms with Crippen LogP contribution in [0.2, 0.25) is 10.0 Å². The van der Waals surface area contributed by atoms with Gasteiger partial charge in [-0.25, -0.2) is 14.8 Å². The molecule has 1 aliphatic heterocycles. The Morgan fingerprint density at radius 3 is 2.57 bits per heavy atom. The van der Waals surface area contributed by atoms with Gasteiger partial charge in [-0.15, -0.1) is 0 Å². The second kappa shape index (κ2) is 12.4. The number of aryl methyl sites for hydroxylation is 2. The molecule has 222 valence electrons. The predicted octanol–water partition coefficient (Wildman–Crippen LogP) is 7.40. The molecule has 2 aliphatic carbocycles. The molecule has 7 nitrogen and oxygen atoms in total. The Hall–Kier alpha value is -2.87. The van der Waals surface area contributed by atoms with Gasteiger partial charge in [0.25, 0.3) is 0 Å². The third kappa shape index (κ3) is 6.10. The number of methoxy groups -OCH3 is 1. The normalized spacial score (nSPS) is 19.8. The number of rotatable bonds is 8.